The molecule has 0 atom stereocenters. The largest absolute Gasteiger partial charge is 0.493 e. The van der Waals surface area contributed by atoms with Crippen LogP contribution in [-0.2, 0) is 11.0 Å². The van der Waals surface area contributed by atoms with Gasteiger partial charge in [0.05, 0.1) is 29.8 Å². The number of halogens is 4. The van der Waals surface area contributed by atoms with Gasteiger partial charge in [-0.25, -0.2) is 4.98 Å². The molecule has 12 heteroatoms. The van der Waals surface area contributed by atoms with E-state index in [0.29, 0.717) is 21.8 Å². The number of fused-ring (bicyclic) bond motifs is 1. The van der Waals surface area contributed by atoms with Gasteiger partial charge in [0.2, 0.25) is 0 Å². The molecule has 0 fully saturated rings. The Morgan fingerprint density at radius 1 is 1.00 bits per heavy atom. The van der Waals surface area contributed by atoms with E-state index in [-0.39, 0.29) is 34.9 Å². The second kappa shape index (κ2) is 12.4. The Morgan fingerprint density at radius 3 is 2.51 bits per heavy atom. The third-order valence-electron chi connectivity index (χ3n) is 6.20. The van der Waals surface area contributed by atoms with Crippen LogP contribution in [0.25, 0.3) is 22.3 Å². The molecule has 0 spiro atoms. The van der Waals surface area contributed by atoms with E-state index in [9.17, 15) is 22.8 Å². The number of carbonyl (C=O) groups is 1. The van der Waals surface area contributed by atoms with Crippen LogP contribution in [-0.4, -0.2) is 35.5 Å². The highest BCUT2D eigenvalue weighted by Gasteiger charge is 2.31. The first-order chi connectivity index (χ1) is 20.6. The number of alkyl halides is 3. The molecule has 0 bridgehead atoms. The molecule has 0 radical (unpaired) electrons. The van der Waals surface area contributed by atoms with E-state index >= 15 is 0 Å². The molecule has 5 aromatic rings. The van der Waals surface area contributed by atoms with Gasteiger partial charge in [-0.2, -0.15) is 22.9 Å². The summed E-state index contributed by atoms with van der Waals surface area (Å²) in [6.45, 7) is -0.301. The van der Waals surface area contributed by atoms with Gasteiger partial charge in [0.1, 0.15) is 0 Å². The van der Waals surface area contributed by atoms with Gasteiger partial charge in [0, 0.05) is 16.3 Å². The van der Waals surface area contributed by atoms with Crippen molar-refractivity contribution in [3.05, 3.63) is 117 Å². The average molecular weight is 607 g/mol. The van der Waals surface area contributed by atoms with E-state index in [0.717, 1.165) is 16.8 Å². The number of nitrogens with zero attached hydrogens (tertiary/aromatic N) is 3. The van der Waals surface area contributed by atoms with Gasteiger partial charge in [0.15, 0.2) is 23.9 Å². The Hall–Kier alpha value is -5.16. The lowest BCUT2D eigenvalue weighted by molar-refractivity contribution is -0.137. The summed E-state index contributed by atoms with van der Waals surface area (Å²) in [4.78, 5) is 30.2. The molecule has 218 valence electrons. The van der Waals surface area contributed by atoms with Crippen LogP contribution < -0.4 is 20.3 Å². The number of nitrogens with one attached hydrogen (secondary N) is 1. The van der Waals surface area contributed by atoms with Crippen LogP contribution in [0.1, 0.15) is 11.1 Å². The predicted molar refractivity (Wildman–Crippen MR) is 158 cm³/mol. The average Bonchev–Trinajstić information content (AvgIpc) is 3.00. The molecular weight excluding hydrogens is 585 g/mol. The number of hydrogen-bond donors (Lipinski definition) is 1. The van der Waals surface area contributed by atoms with Crippen molar-refractivity contribution in [1.82, 2.24) is 9.66 Å². The van der Waals surface area contributed by atoms with Crippen molar-refractivity contribution in [1.29, 1.82) is 0 Å². The molecule has 1 N–H and O–H groups in total. The van der Waals surface area contributed by atoms with Gasteiger partial charge < -0.3 is 14.8 Å². The monoisotopic (exact) mass is 606 g/mol. The maximum Gasteiger partial charge on any atom is 0.416 e. The first-order valence-corrected chi connectivity index (χ1v) is 13.1. The van der Waals surface area contributed by atoms with E-state index < -0.39 is 23.2 Å². The maximum absolute atomic E-state index is 13.4. The third kappa shape index (κ3) is 6.84. The normalized spacial score (nSPS) is 11.6. The van der Waals surface area contributed by atoms with Gasteiger partial charge in [0.25, 0.3) is 11.5 Å². The fourth-order valence-corrected chi connectivity index (χ4v) is 4.26. The fraction of sp³-hybridized carbons (Fsp3) is 0.0968. The molecule has 0 saturated carbocycles. The Bertz CT molecular complexity index is 1890. The highest BCUT2D eigenvalue weighted by molar-refractivity contribution is 6.30. The lowest BCUT2D eigenvalue weighted by Crippen LogP contribution is -2.20. The number of benzene rings is 4. The Morgan fingerprint density at radius 2 is 1.77 bits per heavy atom. The number of hydrogen-bond acceptors (Lipinski definition) is 6. The number of para-hydroxylation sites is 1. The van der Waals surface area contributed by atoms with Crippen molar-refractivity contribution in [2.24, 2.45) is 5.10 Å². The van der Waals surface area contributed by atoms with Crippen molar-refractivity contribution in [2.75, 3.05) is 19.0 Å². The molecular formula is C31H22ClF3N4O4. The lowest BCUT2D eigenvalue weighted by atomic mass is 10.1. The summed E-state index contributed by atoms with van der Waals surface area (Å²) < 4.78 is 52.3. The van der Waals surface area contributed by atoms with E-state index in [4.69, 9.17) is 21.1 Å². The minimum absolute atomic E-state index is 0.0630. The van der Waals surface area contributed by atoms with Crippen LogP contribution in [0.4, 0.5) is 18.9 Å². The van der Waals surface area contributed by atoms with Gasteiger partial charge in [-0.1, -0.05) is 35.9 Å². The molecule has 0 aliphatic heterocycles. The highest BCUT2D eigenvalue weighted by Crippen LogP contribution is 2.32. The summed E-state index contributed by atoms with van der Waals surface area (Å²) >= 11 is 5.86. The van der Waals surface area contributed by atoms with E-state index in [1.54, 1.807) is 66.7 Å². The molecule has 1 heterocycles. The summed E-state index contributed by atoms with van der Waals surface area (Å²) in [6, 6.07) is 22.4. The predicted octanol–water partition coefficient (Wildman–Crippen LogP) is 6.64. The van der Waals surface area contributed by atoms with Crippen molar-refractivity contribution in [2.45, 2.75) is 6.18 Å². The van der Waals surface area contributed by atoms with Crippen LogP contribution in [0.3, 0.4) is 0 Å². The van der Waals surface area contributed by atoms with Gasteiger partial charge in [-0.15, -0.1) is 0 Å². The van der Waals surface area contributed by atoms with Crippen molar-refractivity contribution in [3.63, 3.8) is 0 Å². The van der Waals surface area contributed by atoms with E-state index in [1.165, 1.54) is 25.5 Å². The third-order valence-corrected chi connectivity index (χ3v) is 6.45. The summed E-state index contributed by atoms with van der Waals surface area (Å²) in [6.07, 6.45) is -3.24. The quantitative estimate of drug-likeness (QED) is 0.200. The standard InChI is InChI=1S/C31H22ClF3N4O4/c1-42-27-15-19(9-14-26(27)43-18-28(40)37-23-12-10-22(32)11-13-23)17-36-39-29(20-5-4-6-21(16-20)31(33,34)35)38-25-8-3-2-7-24(25)30(39)41/h2-17H,18H2,1H3,(H,37,40). The molecule has 0 saturated heterocycles. The number of carbonyl (C=O) groups excluding carboxylic acids is 1. The minimum Gasteiger partial charge on any atom is -0.493 e. The fourth-order valence-electron chi connectivity index (χ4n) is 4.13. The number of amides is 1. The van der Waals surface area contributed by atoms with Crippen LogP contribution in [0.15, 0.2) is 101 Å². The van der Waals surface area contributed by atoms with Crippen LogP contribution >= 0.6 is 11.6 Å². The van der Waals surface area contributed by atoms with Crippen molar-refractivity contribution < 1.29 is 27.4 Å². The van der Waals surface area contributed by atoms with Crippen molar-refractivity contribution in [3.8, 4) is 22.9 Å². The highest BCUT2D eigenvalue weighted by atomic mass is 35.5. The first kappa shape index (κ1) is 29.3. The smallest absolute Gasteiger partial charge is 0.416 e. The molecule has 1 aromatic heterocycles. The maximum atomic E-state index is 13.4. The summed E-state index contributed by atoms with van der Waals surface area (Å²) in [7, 11) is 1.42. The molecule has 0 aliphatic rings. The second-order valence-electron chi connectivity index (χ2n) is 9.15. The van der Waals surface area contributed by atoms with Crippen LogP contribution in [0.2, 0.25) is 5.02 Å². The van der Waals surface area contributed by atoms with E-state index in [2.05, 4.69) is 15.4 Å². The van der Waals surface area contributed by atoms with Crippen LogP contribution in [0, 0.1) is 0 Å². The lowest BCUT2D eigenvalue weighted by Gasteiger charge is -2.13. The zero-order chi connectivity index (χ0) is 30.6. The first-order valence-electron chi connectivity index (χ1n) is 12.7. The number of aromatic nitrogens is 2. The minimum atomic E-state index is -4.59. The van der Waals surface area contributed by atoms with Gasteiger partial charge in [-0.3, -0.25) is 9.59 Å². The van der Waals surface area contributed by atoms with E-state index in [1.807, 2.05) is 0 Å². The van der Waals surface area contributed by atoms with Crippen molar-refractivity contribution >= 4 is 40.3 Å². The molecule has 0 aliphatic carbocycles. The number of rotatable bonds is 8. The molecule has 5 rings (SSSR count). The summed E-state index contributed by atoms with van der Waals surface area (Å²) in [5, 5.41) is 7.76. The Balaban J connectivity index is 1.43. The topological polar surface area (TPSA) is 94.8 Å². The summed E-state index contributed by atoms with van der Waals surface area (Å²) in [5.74, 6) is 0.0930. The zero-order valence-corrected chi connectivity index (χ0v) is 23.2. The zero-order valence-electron chi connectivity index (χ0n) is 22.4. The molecule has 43 heavy (non-hydrogen) atoms. The Labute approximate surface area is 248 Å². The summed E-state index contributed by atoms with van der Waals surface area (Å²) in [5.41, 5.74) is -0.0371. The molecule has 4 aromatic carbocycles. The number of anilines is 1. The van der Waals surface area contributed by atoms with Crippen LogP contribution in [0.5, 0.6) is 11.5 Å². The van der Waals surface area contributed by atoms with Gasteiger partial charge in [-0.05, 0) is 72.3 Å². The second-order valence-corrected chi connectivity index (χ2v) is 9.58. The van der Waals surface area contributed by atoms with Gasteiger partial charge >= 0.3 is 6.18 Å². The molecule has 0 unspecified atom stereocenters. The number of methoxy groups -OCH3 is 1. The Kier molecular flexibility index (Phi) is 8.44. The molecule has 8 nitrogen and oxygen atoms in total. The number of ether oxygens (including phenoxy) is 2. The molecule has 1 amide bonds. The SMILES string of the molecule is COc1cc(C=Nn2c(-c3cccc(C(F)(F)F)c3)nc3ccccc3c2=O)ccc1OCC(=O)Nc1ccc(Cl)cc1.